The largest absolute Gasteiger partial charge is 0.321 e. The Labute approximate surface area is 241 Å². The molecule has 1 heterocycles. The zero-order chi connectivity index (χ0) is 28.2. The molecule has 0 spiro atoms. The van der Waals surface area contributed by atoms with Gasteiger partial charge in [-0.1, -0.05) is 88.7 Å². The molecule has 0 bridgehead atoms. The van der Waals surface area contributed by atoms with E-state index in [4.69, 9.17) is 4.99 Å². The predicted octanol–water partition coefficient (Wildman–Crippen LogP) is 6.28. The van der Waals surface area contributed by atoms with Gasteiger partial charge in [0.05, 0.1) is 17.9 Å². The van der Waals surface area contributed by atoms with Gasteiger partial charge in [-0.3, -0.25) is 9.59 Å². The lowest BCUT2D eigenvalue weighted by Crippen LogP contribution is -2.50. The second-order valence-electron chi connectivity index (χ2n) is 9.48. The lowest BCUT2D eigenvalue weighted by Gasteiger charge is -2.25. The second-order valence-corrected chi connectivity index (χ2v) is 10.4. The number of nitrogens with one attached hydrogen (secondary N) is 2. The summed E-state index contributed by atoms with van der Waals surface area (Å²) >= 11 is 3.43. The number of rotatable bonds is 6. The Morgan fingerprint density at radius 2 is 1.57 bits per heavy atom. The molecule has 0 saturated carbocycles. The quantitative estimate of drug-likeness (QED) is 0.257. The van der Waals surface area contributed by atoms with E-state index in [1.807, 2.05) is 86.6 Å². The highest BCUT2D eigenvalue weighted by atomic mass is 79.9. The van der Waals surface area contributed by atoms with Crippen LogP contribution in [0.4, 0.5) is 16.2 Å². The van der Waals surface area contributed by atoms with Gasteiger partial charge in [0.1, 0.15) is 0 Å². The third-order valence-electron chi connectivity index (χ3n) is 6.71. The molecule has 200 valence electrons. The molecule has 1 aliphatic heterocycles. The zero-order valence-electron chi connectivity index (χ0n) is 22.0. The summed E-state index contributed by atoms with van der Waals surface area (Å²) in [4.78, 5) is 46.8. The minimum absolute atomic E-state index is 0.204. The SMILES string of the molecule is Cc1cc(Br)ccc1NC(=O)NC1N=C(c2ccccc2)c2ccccc2N(CC(=O)c2ccccc2C)C1=O. The van der Waals surface area contributed by atoms with Crippen molar-refractivity contribution in [3.8, 4) is 0 Å². The molecule has 0 saturated heterocycles. The molecule has 2 N–H and O–H groups in total. The van der Waals surface area contributed by atoms with E-state index < -0.39 is 18.1 Å². The Balaban J connectivity index is 1.54. The van der Waals surface area contributed by atoms with Gasteiger partial charge in [-0.15, -0.1) is 0 Å². The van der Waals surface area contributed by atoms with Crippen molar-refractivity contribution >= 4 is 50.7 Å². The molecule has 0 radical (unpaired) electrons. The van der Waals surface area contributed by atoms with Crippen molar-refractivity contribution < 1.29 is 14.4 Å². The average molecular weight is 595 g/mol. The van der Waals surface area contributed by atoms with Crippen molar-refractivity contribution in [1.82, 2.24) is 5.32 Å². The fourth-order valence-electron chi connectivity index (χ4n) is 4.68. The van der Waals surface area contributed by atoms with Crippen LogP contribution in [-0.4, -0.2) is 36.1 Å². The fourth-order valence-corrected chi connectivity index (χ4v) is 5.15. The van der Waals surface area contributed by atoms with Gasteiger partial charge in [-0.05, 0) is 49.2 Å². The number of aryl methyl sites for hydroxylation is 2. The normalized spacial score (nSPS) is 14.6. The Morgan fingerprint density at radius 3 is 2.33 bits per heavy atom. The standard InChI is InChI=1S/C32H27BrN4O3/c1-20-10-6-7-13-24(20)28(38)19-37-27-15-9-8-14-25(27)29(22-11-4-3-5-12-22)35-30(31(37)39)36-32(40)34-26-17-16-23(33)18-21(26)2/h3-18,30H,19H2,1-2H3,(H2,34,36,40). The van der Waals surface area contributed by atoms with Crippen LogP contribution < -0.4 is 15.5 Å². The van der Waals surface area contributed by atoms with E-state index in [0.29, 0.717) is 28.2 Å². The van der Waals surface area contributed by atoms with Crippen molar-refractivity contribution in [2.24, 2.45) is 4.99 Å². The Kier molecular flexibility index (Phi) is 7.89. The molecule has 4 aromatic rings. The highest BCUT2D eigenvalue weighted by Crippen LogP contribution is 2.29. The van der Waals surface area contributed by atoms with Gasteiger partial charge >= 0.3 is 6.03 Å². The number of ketones is 1. The first-order chi connectivity index (χ1) is 19.3. The third kappa shape index (κ3) is 5.72. The molecule has 5 rings (SSSR count). The number of carbonyl (C=O) groups is 3. The second kappa shape index (κ2) is 11.7. The van der Waals surface area contributed by atoms with E-state index in [0.717, 1.165) is 21.2 Å². The highest BCUT2D eigenvalue weighted by molar-refractivity contribution is 9.10. The molecule has 0 fully saturated rings. The number of fused-ring (bicyclic) bond motifs is 1. The van der Waals surface area contributed by atoms with Crippen LogP contribution in [-0.2, 0) is 4.79 Å². The summed E-state index contributed by atoms with van der Waals surface area (Å²) in [6.07, 6.45) is -1.27. The summed E-state index contributed by atoms with van der Waals surface area (Å²) in [5, 5.41) is 5.55. The number of aliphatic imine (C=N–C) groups is 1. The average Bonchev–Trinajstić information content (AvgIpc) is 3.06. The minimum atomic E-state index is -1.27. The van der Waals surface area contributed by atoms with E-state index in [1.165, 1.54) is 4.90 Å². The summed E-state index contributed by atoms with van der Waals surface area (Å²) in [6, 6.07) is 29.0. The van der Waals surface area contributed by atoms with Crippen LogP contribution in [0.5, 0.6) is 0 Å². The van der Waals surface area contributed by atoms with Gasteiger partial charge in [0, 0.05) is 26.9 Å². The van der Waals surface area contributed by atoms with E-state index in [-0.39, 0.29) is 12.3 Å². The number of carbonyl (C=O) groups excluding carboxylic acids is 3. The number of urea groups is 1. The van der Waals surface area contributed by atoms with Crippen LogP contribution in [0.2, 0.25) is 0 Å². The predicted molar refractivity (Wildman–Crippen MR) is 161 cm³/mol. The minimum Gasteiger partial charge on any atom is -0.308 e. The number of benzene rings is 4. The third-order valence-corrected chi connectivity index (χ3v) is 7.20. The van der Waals surface area contributed by atoms with Crippen molar-refractivity contribution in [2.75, 3.05) is 16.8 Å². The van der Waals surface area contributed by atoms with Gasteiger partial charge < -0.3 is 15.5 Å². The summed E-state index contributed by atoms with van der Waals surface area (Å²) in [5.41, 5.74) is 5.37. The van der Waals surface area contributed by atoms with Crippen molar-refractivity contribution in [3.63, 3.8) is 0 Å². The Bertz CT molecular complexity index is 1630. The fraction of sp³-hybridized carbons (Fsp3) is 0.125. The van der Waals surface area contributed by atoms with Crippen LogP contribution in [0, 0.1) is 13.8 Å². The van der Waals surface area contributed by atoms with Crippen LogP contribution in [0.15, 0.2) is 107 Å². The molecule has 0 aliphatic carbocycles. The smallest absolute Gasteiger partial charge is 0.308 e. The van der Waals surface area contributed by atoms with Crippen molar-refractivity contribution in [1.29, 1.82) is 0 Å². The first-order valence-corrected chi connectivity index (χ1v) is 13.6. The number of anilines is 2. The topological polar surface area (TPSA) is 90.9 Å². The molecule has 1 unspecified atom stereocenters. The maximum Gasteiger partial charge on any atom is 0.321 e. The monoisotopic (exact) mass is 594 g/mol. The molecular weight excluding hydrogens is 568 g/mol. The molecule has 3 amide bonds. The van der Waals surface area contributed by atoms with Gasteiger partial charge in [-0.2, -0.15) is 0 Å². The van der Waals surface area contributed by atoms with Gasteiger partial charge in [0.15, 0.2) is 5.78 Å². The number of benzodiazepines with no additional fused rings is 1. The Morgan fingerprint density at radius 1 is 0.875 bits per heavy atom. The molecule has 0 aromatic heterocycles. The summed E-state index contributed by atoms with van der Waals surface area (Å²) < 4.78 is 0.888. The van der Waals surface area contributed by atoms with Crippen LogP contribution in [0.25, 0.3) is 0 Å². The highest BCUT2D eigenvalue weighted by Gasteiger charge is 2.34. The van der Waals surface area contributed by atoms with Crippen molar-refractivity contribution in [2.45, 2.75) is 20.0 Å². The number of hydrogen-bond acceptors (Lipinski definition) is 4. The zero-order valence-corrected chi connectivity index (χ0v) is 23.6. The molecule has 7 nitrogen and oxygen atoms in total. The van der Waals surface area contributed by atoms with E-state index in [2.05, 4.69) is 26.6 Å². The van der Waals surface area contributed by atoms with E-state index in [9.17, 15) is 14.4 Å². The number of para-hydroxylation sites is 1. The number of halogens is 1. The molecule has 1 atom stereocenters. The number of nitrogens with zero attached hydrogens (tertiary/aromatic N) is 2. The van der Waals surface area contributed by atoms with Crippen LogP contribution in [0.3, 0.4) is 0 Å². The maximum atomic E-state index is 14.1. The summed E-state index contributed by atoms with van der Waals surface area (Å²) in [6.45, 7) is 3.53. The summed E-state index contributed by atoms with van der Waals surface area (Å²) in [7, 11) is 0. The summed E-state index contributed by atoms with van der Waals surface area (Å²) in [5.74, 6) is -0.721. The number of amides is 3. The lowest BCUT2D eigenvalue weighted by molar-refractivity contribution is -0.120. The molecule has 1 aliphatic rings. The van der Waals surface area contributed by atoms with Crippen molar-refractivity contribution in [3.05, 3.63) is 129 Å². The lowest BCUT2D eigenvalue weighted by atomic mass is 9.99. The molecule has 40 heavy (non-hydrogen) atoms. The number of hydrogen-bond donors (Lipinski definition) is 2. The van der Waals surface area contributed by atoms with Crippen LogP contribution >= 0.6 is 15.9 Å². The maximum absolute atomic E-state index is 14.1. The first kappa shape index (κ1) is 27.0. The molecule has 8 heteroatoms. The van der Waals surface area contributed by atoms with E-state index >= 15 is 0 Å². The van der Waals surface area contributed by atoms with E-state index in [1.54, 1.807) is 24.3 Å². The van der Waals surface area contributed by atoms with Gasteiger partial charge in [-0.25, -0.2) is 9.79 Å². The number of Topliss-reactive ketones (excluding diaryl/α,β-unsaturated/α-hetero) is 1. The van der Waals surface area contributed by atoms with Crippen LogP contribution in [0.1, 0.15) is 32.6 Å². The van der Waals surface area contributed by atoms with Gasteiger partial charge in [0.2, 0.25) is 6.17 Å². The first-order valence-electron chi connectivity index (χ1n) is 12.8. The molecular formula is C32H27BrN4O3. The van der Waals surface area contributed by atoms with Gasteiger partial charge in [0.25, 0.3) is 5.91 Å². The Hall–Kier alpha value is -4.56. The molecule has 4 aromatic carbocycles.